The highest BCUT2D eigenvalue weighted by atomic mass is 16.3. The summed E-state index contributed by atoms with van der Waals surface area (Å²) in [6.07, 6.45) is 6.88. The molecule has 0 saturated heterocycles. The monoisotopic (exact) mass is 228 g/mol. The molecule has 0 bridgehead atoms. The summed E-state index contributed by atoms with van der Waals surface area (Å²) in [5, 5.41) is 14.9. The topological polar surface area (TPSA) is 61.4 Å². The van der Waals surface area contributed by atoms with Crippen LogP contribution in [0.1, 0.15) is 38.5 Å². The number of rotatable bonds is 6. The third kappa shape index (κ3) is 4.49. The first-order valence-electron chi connectivity index (χ1n) is 6.32. The van der Waals surface area contributed by atoms with E-state index in [4.69, 9.17) is 5.11 Å². The van der Waals surface area contributed by atoms with Crippen molar-refractivity contribution in [2.45, 2.75) is 44.6 Å². The summed E-state index contributed by atoms with van der Waals surface area (Å²) in [4.78, 5) is 11.5. The Morgan fingerprint density at radius 2 is 2.06 bits per heavy atom. The van der Waals surface area contributed by atoms with Crippen LogP contribution in [-0.2, 0) is 4.79 Å². The largest absolute Gasteiger partial charge is 0.396 e. The molecule has 1 saturated carbocycles. The second-order valence-electron chi connectivity index (χ2n) is 4.61. The number of aliphatic hydroxyl groups excluding tert-OH is 1. The van der Waals surface area contributed by atoms with Gasteiger partial charge in [0.25, 0.3) is 0 Å². The number of nitrogens with one attached hydrogen (secondary N) is 2. The first-order chi connectivity index (χ1) is 7.77. The van der Waals surface area contributed by atoms with E-state index in [0.29, 0.717) is 18.9 Å². The first kappa shape index (κ1) is 13.5. The standard InChI is InChI=1S/C12H24N2O2/c1-13-9-12(16)14-11(7-8-15)10-5-3-2-4-6-10/h10-11,13,15H,2-9H2,1H3,(H,14,16). The summed E-state index contributed by atoms with van der Waals surface area (Å²) in [6, 6.07) is 0.158. The Morgan fingerprint density at radius 1 is 1.38 bits per heavy atom. The Balaban J connectivity index is 2.41. The van der Waals surface area contributed by atoms with E-state index in [1.54, 1.807) is 7.05 Å². The van der Waals surface area contributed by atoms with E-state index in [2.05, 4.69) is 10.6 Å². The van der Waals surface area contributed by atoms with Crippen molar-refractivity contribution in [1.29, 1.82) is 0 Å². The molecule has 1 aliphatic carbocycles. The van der Waals surface area contributed by atoms with E-state index in [0.717, 1.165) is 0 Å². The van der Waals surface area contributed by atoms with Crippen LogP contribution < -0.4 is 10.6 Å². The van der Waals surface area contributed by atoms with Gasteiger partial charge in [0.1, 0.15) is 0 Å². The summed E-state index contributed by atoms with van der Waals surface area (Å²) in [5.74, 6) is 0.591. The molecule has 0 aromatic carbocycles. The molecule has 4 nitrogen and oxygen atoms in total. The highest BCUT2D eigenvalue weighted by Crippen LogP contribution is 2.27. The highest BCUT2D eigenvalue weighted by molar-refractivity contribution is 5.78. The lowest BCUT2D eigenvalue weighted by Gasteiger charge is -2.30. The van der Waals surface area contributed by atoms with Crippen LogP contribution in [0.5, 0.6) is 0 Å². The fourth-order valence-electron chi connectivity index (χ4n) is 2.52. The minimum atomic E-state index is 0.0338. The molecule has 16 heavy (non-hydrogen) atoms. The highest BCUT2D eigenvalue weighted by Gasteiger charge is 2.24. The molecule has 0 heterocycles. The van der Waals surface area contributed by atoms with Gasteiger partial charge in [-0.3, -0.25) is 4.79 Å². The summed E-state index contributed by atoms with van der Waals surface area (Å²) < 4.78 is 0. The van der Waals surface area contributed by atoms with E-state index in [1.165, 1.54) is 32.1 Å². The van der Waals surface area contributed by atoms with E-state index in [9.17, 15) is 4.79 Å². The predicted octanol–water partition coefficient (Wildman–Crippen LogP) is 0.653. The normalized spacial score (nSPS) is 19.4. The Morgan fingerprint density at radius 3 is 2.62 bits per heavy atom. The molecule has 1 amide bonds. The number of likely N-dealkylation sites (N-methyl/N-ethyl adjacent to an activating group) is 1. The number of hydrogen-bond donors (Lipinski definition) is 3. The quantitative estimate of drug-likeness (QED) is 0.625. The van der Waals surface area contributed by atoms with Gasteiger partial charge in [0, 0.05) is 12.6 Å². The van der Waals surface area contributed by atoms with Gasteiger partial charge in [-0.1, -0.05) is 19.3 Å². The van der Waals surface area contributed by atoms with Crippen LogP contribution in [0, 0.1) is 5.92 Å². The zero-order chi connectivity index (χ0) is 11.8. The number of carbonyl (C=O) groups excluding carboxylic acids is 1. The maximum atomic E-state index is 11.5. The van der Waals surface area contributed by atoms with Crippen LogP contribution in [0.2, 0.25) is 0 Å². The van der Waals surface area contributed by atoms with Gasteiger partial charge < -0.3 is 15.7 Å². The van der Waals surface area contributed by atoms with Crippen molar-refractivity contribution in [2.75, 3.05) is 20.2 Å². The molecule has 94 valence electrons. The molecule has 1 atom stereocenters. The fraction of sp³-hybridized carbons (Fsp3) is 0.917. The predicted molar refractivity (Wildman–Crippen MR) is 64.1 cm³/mol. The average Bonchev–Trinajstić information content (AvgIpc) is 2.30. The second kappa shape index (κ2) is 7.63. The molecule has 1 fully saturated rings. The Hall–Kier alpha value is -0.610. The fourth-order valence-corrected chi connectivity index (χ4v) is 2.52. The van der Waals surface area contributed by atoms with Gasteiger partial charge in [-0.25, -0.2) is 0 Å². The molecule has 1 aliphatic rings. The van der Waals surface area contributed by atoms with Crippen LogP contribution >= 0.6 is 0 Å². The summed E-state index contributed by atoms with van der Waals surface area (Å²) in [5.41, 5.74) is 0. The third-order valence-electron chi connectivity index (χ3n) is 3.34. The average molecular weight is 228 g/mol. The molecule has 1 unspecified atom stereocenters. The maximum absolute atomic E-state index is 11.5. The summed E-state index contributed by atoms with van der Waals surface area (Å²) in [7, 11) is 1.77. The third-order valence-corrected chi connectivity index (χ3v) is 3.34. The van der Waals surface area contributed by atoms with Gasteiger partial charge in [0.2, 0.25) is 5.91 Å². The minimum absolute atomic E-state index is 0.0338. The van der Waals surface area contributed by atoms with Gasteiger partial charge in [0.15, 0.2) is 0 Å². The molecular formula is C12H24N2O2. The van der Waals surface area contributed by atoms with Crippen LogP contribution in [0.15, 0.2) is 0 Å². The van der Waals surface area contributed by atoms with Crippen molar-refractivity contribution in [3.63, 3.8) is 0 Å². The van der Waals surface area contributed by atoms with Crippen molar-refractivity contribution < 1.29 is 9.90 Å². The number of hydrogen-bond acceptors (Lipinski definition) is 3. The molecule has 0 radical (unpaired) electrons. The van der Waals surface area contributed by atoms with Crippen LogP contribution in [0.4, 0.5) is 0 Å². The summed E-state index contributed by atoms with van der Waals surface area (Å²) >= 11 is 0. The Bertz CT molecular complexity index is 203. The molecule has 0 spiro atoms. The lowest BCUT2D eigenvalue weighted by Crippen LogP contribution is -2.44. The lowest BCUT2D eigenvalue weighted by molar-refractivity contribution is -0.121. The second-order valence-corrected chi connectivity index (χ2v) is 4.61. The van der Waals surface area contributed by atoms with Gasteiger partial charge in [-0.2, -0.15) is 0 Å². The van der Waals surface area contributed by atoms with Crippen molar-refractivity contribution in [2.24, 2.45) is 5.92 Å². The van der Waals surface area contributed by atoms with E-state index in [-0.39, 0.29) is 18.6 Å². The van der Waals surface area contributed by atoms with Gasteiger partial charge in [-0.15, -0.1) is 0 Å². The SMILES string of the molecule is CNCC(=O)NC(CCO)C1CCCCC1. The number of carbonyl (C=O) groups is 1. The van der Waals surface area contributed by atoms with Crippen molar-refractivity contribution in [3.8, 4) is 0 Å². The number of aliphatic hydroxyl groups is 1. The van der Waals surface area contributed by atoms with Crippen LogP contribution in [-0.4, -0.2) is 37.3 Å². The van der Waals surface area contributed by atoms with Crippen molar-refractivity contribution in [3.05, 3.63) is 0 Å². The molecule has 4 heteroatoms. The minimum Gasteiger partial charge on any atom is -0.396 e. The first-order valence-corrected chi connectivity index (χ1v) is 6.32. The Kier molecular flexibility index (Phi) is 6.42. The molecule has 1 rings (SSSR count). The maximum Gasteiger partial charge on any atom is 0.234 e. The van der Waals surface area contributed by atoms with E-state index < -0.39 is 0 Å². The molecule has 0 aromatic rings. The van der Waals surface area contributed by atoms with Crippen LogP contribution in [0.3, 0.4) is 0 Å². The van der Waals surface area contributed by atoms with Crippen molar-refractivity contribution in [1.82, 2.24) is 10.6 Å². The molecule has 0 aromatic heterocycles. The number of amides is 1. The van der Waals surface area contributed by atoms with Gasteiger partial charge in [-0.05, 0) is 32.2 Å². The molecular weight excluding hydrogens is 204 g/mol. The zero-order valence-electron chi connectivity index (χ0n) is 10.2. The van der Waals surface area contributed by atoms with Gasteiger partial charge >= 0.3 is 0 Å². The zero-order valence-corrected chi connectivity index (χ0v) is 10.2. The summed E-state index contributed by atoms with van der Waals surface area (Å²) in [6.45, 7) is 0.510. The smallest absolute Gasteiger partial charge is 0.234 e. The van der Waals surface area contributed by atoms with Crippen LogP contribution in [0.25, 0.3) is 0 Å². The molecule has 0 aliphatic heterocycles. The lowest BCUT2D eigenvalue weighted by atomic mass is 9.82. The van der Waals surface area contributed by atoms with E-state index >= 15 is 0 Å². The van der Waals surface area contributed by atoms with Gasteiger partial charge in [0.05, 0.1) is 6.54 Å². The molecule has 3 N–H and O–H groups in total. The van der Waals surface area contributed by atoms with Crippen molar-refractivity contribution >= 4 is 5.91 Å². The van der Waals surface area contributed by atoms with E-state index in [1.807, 2.05) is 0 Å². The Labute approximate surface area is 97.8 Å².